The summed E-state index contributed by atoms with van der Waals surface area (Å²) in [6.07, 6.45) is 0.218. The summed E-state index contributed by atoms with van der Waals surface area (Å²) >= 11 is 1.45. The van der Waals surface area contributed by atoms with Crippen molar-refractivity contribution in [2.45, 2.75) is 6.42 Å². The van der Waals surface area contributed by atoms with Gasteiger partial charge in [-0.3, -0.25) is 4.79 Å². The maximum Gasteiger partial charge on any atom is 0.230 e. The Labute approximate surface area is 172 Å². The van der Waals surface area contributed by atoms with Crippen LogP contribution in [-0.4, -0.2) is 10.5 Å². The number of hydrogen-bond donors (Lipinski definition) is 1. The molecular weight excluding hydrogens is 394 g/mol. The van der Waals surface area contributed by atoms with Crippen LogP contribution in [-0.2, 0) is 18.3 Å². The van der Waals surface area contributed by atoms with Crippen LogP contribution in [0.2, 0.25) is 0 Å². The van der Waals surface area contributed by atoms with Crippen LogP contribution in [0, 0.1) is 22.7 Å². The summed E-state index contributed by atoms with van der Waals surface area (Å²) in [4.78, 5) is 17.6. The summed E-state index contributed by atoms with van der Waals surface area (Å²) in [5, 5.41) is 22.4. The number of nitriles is 2. The van der Waals surface area contributed by atoms with Gasteiger partial charge in [-0.25, -0.2) is 4.99 Å². The highest BCUT2D eigenvalue weighted by Gasteiger charge is 2.09. The number of halogens is 1. The first-order chi connectivity index (χ1) is 13.1. The Hall–Kier alpha value is -3.39. The van der Waals surface area contributed by atoms with Gasteiger partial charge in [0.15, 0.2) is 4.80 Å². The number of thiazole rings is 1. The molecular formula is C20H16ClN5OS. The van der Waals surface area contributed by atoms with Crippen LogP contribution in [0.1, 0.15) is 16.8 Å². The molecule has 0 atom stereocenters. The zero-order valence-corrected chi connectivity index (χ0v) is 16.5. The van der Waals surface area contributed by atoms with Crippen LogP contribution in [0.15, 0.2) is 58.9 Å². The monoisotopic (exact) mass is 409 g/mol. The largest absolute Gasteiger partial charge is 0.326 e. The number of benzene rings is 2. The maximum absolute atomic E-state index is 12.3. The number of anilines is 1. The van der Waals surface area contributed by atoms with Gasteiger partial charge in [0.05, 0.1) is 35.4 Å². The molecule has 3 rings (SSSR count). The van der Waals surface area contributed by atoms with Crippen molar-refractivity contribution in [2.75, 3.05) is 5.32 Å². The number of nitrogens with one attached hydrogen (secondary N) is 1. The van der Waals surface area contributed by atoms with Gasteiger partial charge in [-0.1, -0.05) is 0 Å². The van der Waals surface area contributed by atoms with E-state index in [0.29, 0.717) is 16.8 Å². The van der Waals surface area contributed by atoms with Gasteiger partial charge in [0.1, 0.15) is 0 Å². The lowest BCUT2D eigenvalue weighted by Crippen LogP contribution is -2.19. The van der Waals surface area contributed by atoms with E-state index in [2.05, 4.69) is 16.4 Å². The third-order valence-corrected chi connectivity index (χ3v) is 4.84. The predicted octanol–water partition coefficient (Wildman–Crippen LogP) is 3.67. The molecule has 8 heteroatoms. The number of amides is 1. The van der Waals surface area contributed by atoms with Crippen molar-refractivity contribution < 1.29 is 4.79 Å². The highest BCUT2D eigenvalue weighted by atomic mass is 35.5. The van der Waals surface area contributed by atoms with Crippen LogP contribution in [0.3, 0.4) is 0 Å². The third-order valence-electron chi connectivity index (χ3n) is 3.88. The molecule has 0 radical (unpaired) electrons. The van der Waals surface area contributed by atoms with Gasteiger partial charge in [-0.15, -0.1) is 23.7 Å². The molecule has 0 spiro atoms. The Bertz CT molecular complexity index is 1120. The Kier molecular flexibility index (Phi) is 7.11. The fourth-order valence-corrected chi connectivity index (χ4v) is 3.30. The fraction of sp³-hybridized carbons (Fsp3) is 0.100. The lowest BCUT2D eigenvalue weighted by molar-refractivity contribution is -0.115. The number of hydrogen-bond acceptors (Lipinski definition) is 5. The smallest absolute Gasteiger partial charge is 0.230 e. The molecule has 0 bridgehead atoms. The average molecular weight is 410 g/mol. The highest BCUT2D eigenvalue weighted by molar-refractivity contribution is 7.07. The zero-order valence-electron chi connectivity index (χ0n) is 14.9. The molecule has 6 nitrogen and oxygen atoms in total. The van der Waals surface area contributed by atoms with E-state index in [-0.39, 0.29) is 24.7 Å². The van der Waals surface area contributed by atoms with Crippen LogP contribution < -0.4 is 10.1 Å². The Balaban J connectivity index is 0.00000280. The average Bonchev–Trinajstić information content (AvgIpc) is 3.02. The van der Waals surface area contributed by atoms with Gasteiger partial charge >= 0.3 is 0 Å². The number of nitrogens with zero attached hydrogens (tertiary/aromatic N) is 4. The van der Waals surface area contributed by atoms with Gasteiger partial charge in [0.25, 0.3) is 0 Å². The van der Waals surface area contributed by atoms with Crippen LogP contribution in [0.25, 0.3) is 0 Å². The molecule has 0 aliphatic heterocycles. The molecule has 0 aliphatic carbocycles. The summed E-state index contributed by atoms with van der Waals surface area (Å²) in [5.41, 5.74) is 3.38. The lowest BCUT2D eigenvalue weighted by Gasteiger charge is -2.06. The second-order valence-corrected chi connectivity index (χ2v) is 6.59. The number of carbonyl (C=O) groups is 1. The van der Waals surface area contributed by atoms with E-state index < -0.39 is 0 Å². The third kappa shape index (κ3) is 5.08. The standard InChI is InChI=1S/C20H15N5OS.ClH/c1-25-18(10-19(26)23-16-6-2-14(11-21)3-7-16)13-27-20(25)24-17-8-4-15(12-22)5-9-17;/h2-9,13H,10H2,1H3,(H,23,26);1H. The van der Waals surface area contributed by atoms with E-state index in [0.717, 1.165) is 16.2 Å². The zero-order chi connectivity index (χ0) is 19.2. The summed E-state index contributed by atoms with van der Waals surface area (Å²) in [5.74, 6) is -0.141. The van der Waals surface area contributed by atoms with E-state index in [1.807, 2.05) is 23.1 Å². The summed E-state index contributed by atoms with van der Waals surface area (Å²) < 4.78 is 1.88. The van der Waals surface area contributed by atoms with Gasteiger partial charge in [0.2, 0.25) is 5.91 Å². The van der Waals surface area contributed by atoms with Crippen molar-refractivity contribution in [2.24, 2.45) is 12.0 Å². The predicted molar refractivity (Wildman–Crippen MR) is 110 cm³/mol. The molecule has 140 valence electrons. The van der Waals surface area contributed by atoms with Gasteiger partial charge in [0, 0.05) is 23.8 Å². The first-order valence-electron chi connectivity index (χ1n) is 8.07. The summed E-state index contributed by atoms with van der Waals surface area (Å²) in [6, 6.07) is 17.9. The molecule has 0 aliphatic rings. The molecule has 3 aromatic rings. The molecule has 2 aromatic carbocycles. The molecule has 1 amide bonds. The van der Waals surface area contributed by atoms with E-state index in [4.69, 9.17) is 10.5 Å². The van der Waals surface area contributed by atoms with Crippen molar-refractivity contribution >= 4 is 41.0 Å². The number of aromatic nitrogens is 1. The quantitative estimate of drug-likeness (QED) is 0.712. The minimum atomic E-state index is -0.141. The number of rotatable bonds is 4. The minimum absolute atomic E-state index is 0. The topological polar surface area (TPSA) is 94.0 Å². The maximum atomic E-state index is 12.3. The lowest BCUT2D eigenvalue weighted by atomic mass is 10.2. The minimum Gasteiger partial charge on any atom is -0.326 e. The summed E-state index contributed by atoms with van der Waals surface area (Å²) in [6.45, 7) is 0. The van der Waals surface area contributed by atoms with Crippen molar-refractivity contribution in [1.29, 1.82) is 10.5 Å². The summed E-state index contributed by atoms with van der Waals surface area (Å²) in [7, 11) is 1.86. The van der Waals surface area contributed by atoms with Crippen LogP contribution >= 0.6 is 23.7 Å². The van der Waals surface area contributed by atoms with Crippen molar-refractivity contribution in [3.05, 3.63) is 75.5 Å². The molecule has 0 saturated carbocycles. The number of carbonyl (C=O) groups excluding carboxylic acids is 1. The fourth-order valence-electron chi connectivity index (χ4n) is 2.38. The molecule has 1 aromatic heterocycles. The van der Waals surface area contributed by atoms with Gasteiger partial charge in [-0.05, 0) is 48.5 Å². The van der Waals surface area contributed by atoms with Crippen LogP contribution in [0.4, 0.5) is 11.4 Å². The van der Waals surface area contributed by atoms with Crippen molar-refractivity contribution in [3.8, 4) is 12.1 Å². The second kappa shape index (κ2) is 9.52. The molecule has 28 heavy (non-hydrogen) atoms. The Morgan fingerprint density at radius 2 is 1.64 bits per heavy atom. The molecule has 0 fully saturated rings. The van der Waals surface area contributed by atoms with Gasteiger partial charge in [-0.2, -0.15) is 10.5 Å². The normalized spacial score (nSPS) is 10.5. The van der Waals surface area contributed by atoms with Crippen molar-refractivity contribution in [1.82, 2.24) is 4.57 Å². The molecule has 1 heterocycles. The molecule has 0 unspecified atom stereocenters. The molecule has 0 saturated heterocycles. The van der Waals surface area contributed by atoms with E-state index in [1.165, 1.54) is 11.3 Å². The first kappa shape index (κ1) is 20.9. The van der Waals surface area contributed by atoms with E-state index in [1.54, 1.807) is 48.5 Å². The second-order valence-electron chi connectivity index (χ2n) is 5.75. The van der Waals surface area contributed by atoms with E-state index >= 15 is 0 Å². The first-order valence-corrected chi connectivity index (χ1v) is 8.95. The van der Waals surface area contributed by atoms with Gasteiger partial charge < -0.3 is 9.88 Å². The van der Waals surface area contributed by atoms with Crippen LogP contribution in [0.5, 0.6) is 0 Å². The Morgan fingerprint density at radius 3 is 2.21 bits per heavy atom. The SMILES string of the molecule is Cl.Cn1c(CC(=O)Nc2ccc(C#N)cc2)csc1=Nc1ccc(C#N)cc1. The highest BCUT2D eigenvalue weighted by Crippen LogP contribution is 2.13. The van der Waals surface area contributed by atoms with Crippen molar-refractivity contribution in [3.63, 3.8) is 0 Å². The van der Waals surface area contributed by atoms with E-state index in [9.17, 15) is 4.79 Å². The molecule has 1 N–H and O–H groups in total. The Morgan fingerprint density at radius 1 is 1.07 bits per heavy atom.